The fourth-order valence-corrected chi connectivity index (χ4v) is 20.1. The minimum absolute atomic E-state index is 0.102. The highest BCUT2D eigenvalue weighted by molar-refractivity contribution is 7.03. The van der Waals surface area contributed by atoms with Crippen LogP contribution in [0.3, 0.4) is 0 Å². The van der Waals surface area contributed by atoms with Gasteiger partial charge in [-0.2, -0.15) is 0 Å². The van der Waals surface area contributed by atoms with Gasteiger partial charge in [0.1, 0.15) is 16.1 Å². The number of anilines is 6. The molecule has 15 rings (SSSR count). The van der Waals surface area contributed by atoms with E-state index in [-0.39, 0.29) is 5.41 Å². The van der Waals surface area contributed by atoms with E-state index in [1.807, 2.05) is 0 Å². The van der Waals surface area contributed by atoms with E-state index in [2.05, 4.69) is 292 Å². The van der Waals surface area contributed by atoms with Crippen LogP contribution < -0.4 is 30.5 Å². The lowest BCUT2D eigenvalue weighted by Gasteiger charge is -2.41. The van der Waals surface area contributed by atoms with Gasteiger partial charge in [-0.25, -0.2) is 0 Å². The zero-order chi connectivity index (χ0) is 52.0. The second-order valence-electron chi connectivity index (χ2n) is 23.3. The Hall–Kier alpha value is -8.55. The van der Waals surface area contributed by atoms with Gasteiger partial charge in [0, 0.05) is 39.5 Å². The Morgan fingerprint density at radius 1 is 0.299 bits per heavy atom. The smallest absolute Gasteiger partial charge is 0.117 e. The van der Waals surface area contributed by atoms with Crippen LogP contribution >= 0.6 is 0 Å². The van der Waals surface area contributed by atoms with Gasteiger partial charge >= 0.3 is 0 Å². The second-order valence-corrected chi connectivity index (χ2v) is 31.9. The average molecular weight is 1020 g/mol. The van der Waals surface area contributed by atoms with E-state index in [1.54, 1.807) is 0 Å². The van der Waals surface area contributed by atoms with E-state index >= 15 is 0 Å². The van der Waals surface area contributed by atoms with Crippen LogP contribution in [0.15, 0.2) is 243 Å². The van der Waals surface area contributed by atoms with Crippen molar-refractivity contribution in [1.29, 1.82) is 0 Å². The number of fused-ring (bicyclic) bond motifs is 10. The van der Waals surface area contributed by atoms with Crippen LogP contribution in [0.2, 0.25) is 26.2 Å². The second kappa shape index (κ2) is 16.7. The van der Waals surface area contributed by atoms with E-state index in [4.69, 9.17) is 0 Å². The number of rotatable bonds is 5. The highest BCUT2D eigenvalue weighted by Gasteiger charge is 2.40. The molecule has 368 valence electrons. The predicted octanol–water partition coefficient (Wildman–Crippen LogP) is 17.7. The Morgan fingerprint density at radius 3 is 1.29 bits per heavy atom. The van der Waals surface area contributed by atoms with Crippen molar-refractivity contribution in [3.8, 4) is 44.5 Å². The first-order valence-corrected chi connectivity index (χ1v) is 33.3. The highest BCUT2D eigenvalue weighted by atomic mass is 28.3. The monoisotopic (exact) mass is 1020 g/mol. The zero-order valence-electron chi connectivity index (χ0n) is 44.5. The summed E-state index contributed by atoms with van der Waals surface area (Å²) in [6, 6.07) is 92.8. The predicted molar refractivity (Wildman–Crippen MR) is 336 cm³/mol. The van der Waals surface area contributed by atoms with E-state index in [9.17, 15) is 0 Å². The van der Waals surface area contributed by atoms with Gasteiger partial charge in [0.05, 0.1) is 0 Å². The first-order valence-electron chi connectivity index (χ1n) is 27.3. The van der Waals surface area contributed by atoms with Gasteiger partial charge in [-0.05, 0) is 175 Å². The van der Waals surface area contributed by atoms with Crippen LogP contribution in [0.25, 0.3) is 76.8 Å². The summed E-state index contributed by atoms with van der Waals surface area (Å²) < 4.78 is 0. The third kappa shape index (κ3) is 6.71. The van der Waals surface area contributed by atoms with Crippen LogP contribution in [0, 0.1) is 0 Å². The zero-order valence-corrected chi connectivity index (χ0v) is 46.5. The van der Waals surface area contributed by atoms with Crippen LogP contribution in [0.1, 0.15) is 25.0 Å². The molecule has 0 bridgehead atoms. The van der Waals surface area contributed by atoms with Gasteiger partial charge in [-0.15, -0.1) is 0 Å². The fraction of sp³-hybridized carbons (Fsp3) is 0.0959. The maximum atomic E-state index is 2.55. The highest BCUT2D eigenvalue weighted by Crippen LogP contribution is 2.52. The number of benzene rings is 12. The third-order valence-electron chi connectivity index (χ3n) is 18.0. The SMILES string of the molecule is CC1(C)c2ccccc2-c2ccc(-c3cccc(-c4c5ccc(N6c7ccccc7[Si](C)(C)c7ccccc76)cc5c(-c5ccc6ccccc6c5)c5ccc(N6c7ccccc7[Si](C)(C)c7ccccc76)cc45)c3)cc21. The molecule has 0 unspecified atom stereocenters. The molecule has 0 spiro atoms. The molecule has 77 heavy (non-hydrogen) atoms. The molecule has 0 radical (unpaired) electrons. The Kier molecular flexibility index (Phi) is 9.95. The molecule has 0 amide bonds. The molecule has 0 atom stereocenters. The van der Waals surface area contributed by atoms with E-state index in [0.717, 1.165) is 11.4 Å². The first kappa shape index (κ1) is 45.8. The van der Waals surface area contributed by atoms with Crippen LogP contribution in [0.4, 0.5) is 34.1 Å². The summed E-state index contributed by atoms with van der Waals surface area (Å²) in [6.45, 7) is 14.8. The van der Waals surface area contributed by atoms with Crippen molar-refractivity contribution in [2.45, 2.75) is 45.5 Å². The standard InChI is InChI=1S/C73H58N2Si2/c1-73(2)61-25-10-9-24-55(61)56-39-36-50(44-62(56)73)49-22-19-23-51(43-49)71-57-40-37-54(75-65-28-13-17-32-69(65)77(5,6)70-33-18-14-29-66(70)75)46-60(57)72(52-35-34-47-20-7-8-21-48(47)42-52)58-41-38-53(45-59(58)71)74-63-26-11-15-30-67(63)76(3,4)68-31-16-12-27-64(68)74/h7-46H,1-6H3. The summed E-state index contributed by atoms with van der Waals surface area (Å²) in [5.74, 6) is 0. The van der Waals surface area contributed by atoms with Crippen molar-refractivity contribution in [2.75, 3.05) is 9.80 Å². The fourth-order valence-electron chi connectivity index (χ4n) is 14.1. The summed E-state index contributed by atoms with van der Waals surface area (Å²) in [5, 5.41) is 13.2. The molecule has 3 aliphatic rings. The number of hydrogen-bond acceptors (Lipinski definition) is 2. The number of nitrogens with zero attached hydrogens (tertiary/aromatic N) is 2. The van der Waals surface area contributed by atoms with Gasteiger partial charge in [-0.1, -0.05) is 216 Å². The van der Waals surface area contributed by atoms with Crippen LogP contribution in [-0.4, -0.2) is 16.1 Å². The topological polar surface area (TPSA) is 6.48 Å². The van der Waals surface area contributed by atoms with Crippen molar-refractivity contribution in [1.82, 2.24) is 0 Å². The van der Waals surface area contributed by atoms with Gasteiger partial charge in [0.25, 0.3) is 0 Å². The van der Waals surface area contributed by atoms with Crippen molar-refractivity contribution < 1.29 is 0 Å². The largest absolute Gasteiger partial charge is 0.311 e. The Balaban J connectivity index is 1.03. The number of para-hydroxylation sites is 4. The molecule has 0 saturated heterocycles. The lowest BCUT2D eigenvalue weighted by molar-refractivity contribution is 0.660. The molecule has 1 aliphatic carbocycles. The van der Waals surface area contributed by atoms with Crippen molar-refractivity contribution >= 4 is 103 Å². The lowest BCUT2D eigenvalue weighted by Crippen LogP contribution is -2.58. The minimum Gasteiger partial charge on any atom is -0.311 e. The molecule has 4 heteroatoms. The quantitative estimate of drug-likeness (QED) is 0.125. The maximum absolute atomic E-state index is 2.55. The summed E-state index contributed by atoms with van der Waals surface area (Å²) in [4.78, 5) is 5.09. The molecular weight excluding hydrogens is 961 g/mol. The van der Waals surface area contributed by atoms with Crippen LogP contribution in [-0.2, 0) is 5.41 Å². The molecule has 0 aromatic heterocycles. The molecule has 2 nitrogen and oxygen atoms in total. The normalized spacial score (nSPS) is 15.1. The first-order chi connectivity index (χ1) is 37.5. The van der Waals surface area contributed by atoms with Crippen molar-refractivity contribution in [3.05, 3.63) is 254 Å². The number of hydrogen-bond donors (Lipinski definition) is 0. The average Bonchev–Trinajstić information content (AvgIpc) is 3.83. The molecule has 12 aromatic carbocycles. The molecule has 12 aromatic rings. The molecule has 0 N–H and O–H groups in total. The van der Waals surface area contributed by atoms with Gasteiger partial charge in [0.2, 0.25) is 0 Å². The van der Waals surface area contributed by atoms with Crippen molar-refractivity contribution in [3.63, 3.8) is 0 Å². The van der Waals surface area contributed by atoms with Gasteiger partial charge in [0.15, 0.2) is 0 Å². The summed E-state index contributed by atoms with van der Waals surface area (Å²) in [7, 11) is -4.04. The van der Waals surface area contributed by atoms with E-state index in [1.165, 1.54) is 131 Å². The lowest BCUT2D eigenvalue weighted by atomic mass is 9.81. The Bertz CT molecular complexity index is 4370. The Labute approximate surface area is 454 Å². The van der Waals surface area contributed by atoms with E-state index in [0.29, 0.717) is 0 Å². The molecule has 2 heterocycles. The summed E-state index contributed by atoms with van der Waals surface area (Å²) >= 11 is 0. The van der Waals surface area contributed by atoms with Gasteiger partial charge < -0.3 is 9.80 Å². The van der Waals surface area contributed by atoms with Crippen LogP contribution in [0.5, 0.6) is 0 Å². The third-order valence-corrected chi connectivity index (χ3v) is 25.1. The summed E-state index contributed by atoms with van der Waals surface area (Å²) in [5.41, 5.74) is 20.1. The molecule has 2 aliphatic heterocycles. The van der Waals surface area contributed by atoms with Crippen molar-refractivity contribution in [2.24, 2.45) is 0 Å². The summed E-state index contributed by atoms with van der Waals surface area (Å²) in [6.07, 6.45) is 0. The Morgan fingerprint density at radius 2 is 0.727 bits per heavy atom. The van der Waals surface area contributed by atoms with E-state index < -0.39 is 16.1 Å². The minimum atomic E-state index is -2.02. The van der Waals surface area contributed by atoms with Gasteiger partial charge in [-0.3, -0.25) is 0 Å². The molecular formula is C73H58N2Si2. The maximum Gasteiger partial charge on any atom is 0.117 e. The molecule has 0 fully saturated rings. The molecule has 0 saturated carbocycles.